The maximum Gasteiger partial charge on any atom is 0.337 e. The molecule has 25 heavy (non-hydrogen) atoms. The van der Waals surface area contributed by atoms with Crippen LogP contribution in [0.4, 0.5) is 0 Å². The lowest BCUT2D eigenvalue weighted by Crippen LogP contribution is -2.45. The van der Waals surface area contributed by atoms with Crippen LogP contribution < -0.4 is 5.32 Å². The van der Waals surface area contributed by atoms with E-state index in [0.29, 0.717) is 19.6 Å². The molecule has 0 saturated carbocycles. The fourth-order valence-corrected chi connectivity index (χ4v) is 2.77. The molecule has 1 fully saturated rings. The van der Waals surface area contributed by atoms with Crippen molar-refractivity contribution in [3.05, 3.63) is 29.6 Å². The first-order chi connectivity index (χ1) is 11.7. The number of carbonyl (C=O) groups is 3. The molecule has 1 aliphatic rings. The Morgan fingerprint density at radius 2 is 1.96 bits per heavy atom. The van der Waals surface area contributed by atoms with Crippen LogP contribution in [0.1, 0.15) is 54.3 Å². The fourth-order valence-electron chi connectivity index (χ4n) is 2.77. The molecule has 7 nitrogen and oxygen atoms in total. The number of carbonyl (C=O) groups excluding carboxylic acids is 2. The standard InChI is InChI=1S/C18H25N3O4/c1-18(2,3)17(25)20-8-12-5-4-6-21(11-12)15(22)13-7-14(16(23)24)10-19-9-13/h7,9-10,12H,4-6,8,11H2,1-3H3,(H,20,25)(H,23,24). The Bertz CT molecular complexity index is 667. The molecule has 0 spiro atoms. The lowest BCUT2D eigenvalue weighted by atomic mass is 9.94. The molecular formula is C18H25N3O4. The molecule has 1 aromatic rings. The van der Waals surface area contributed by atoms with E-state index in [2.05, 4.69) is 10.3 Å². The summed E-state index contributed by atoms with van der Waals surface area (Å²) < 4.78 is 0. The van der Waals surface area contributed by atoms with Crippen molar-refractivity contribution in [2.24, 2.45) is 11.3 Å². The lowest BCUT2D eigenvalue weighted by Gasteiger charge is -2.33. The van der Waals surface area contributed by atoms with E-state index in [4.69, 9.17) is 5.11 Å². The van der Waals surface area contributed by atoms with Gasteiger partial charge < -0.3 is 15.3 Å². The van der Waals surface area contributed by atoms with Gasteiger partial charge in [-0.25, -0.2) is 4.79 Å². The number of amides is 2. The van der Waals surface area contributed by atoms with E-state index in [9.17, 15) is 14.4 Å². The molecule has 2 rings (SSSR count). The summed E-state index contributed by atoms with van der Waals surface area (Å²) in [6.45, 7) is 7.29. The van der Waals surface area contributed by atoms with Crippen molar-refractivity contribution in [3.63, 3.8) is 0 Å². The third kappa shape index (κ3) is 5.01. The molecular weight excluding hydrogens is 322 g/mol. The molecule has 2 amide bonds. The number of piperidine rings is 1. The summed E-state index contributed by atoms with van der Waals surface area (Å²) >= 11 is 0. The molecule has 7 heteroatoms. The van der Waals surface area contributed by atoms with Crippen molar-refractivity contribution in [1.29, 1.82) is 0 Å². The summed E-state index contributed by atoms with van der Waals surface area (Å²) in [7, 11) is 0. The highest BCUT2D eigenvalue weighted by Gasteiger charge is 2.27. The van der Waals surface area contributed by atoms with Gasteiger partial charge in [-0.05, 0) is 24.8 Å². The Hall–Kier alpha value is -2.44. The van der Waals surface area contributed by atoms with Gasteiger partial charge in [-0.15, -0.1) is 0 Å². The van der Waals surface area contributed by atoms with Crippen LogP contribution in [0.3, 0.4) is 0 Å². The van der Waals surface area contributed by atoms with Crippen molar-refractivity contribution in [2.75, 3.05) is 19.6 Å². The smallest absolute Gasteiger partial charge is 0.337 e. The summed E-state index contributed by atoms with van der Waals surface area (Å²) in [5.41, 5.74) is -0.163. The van der Waals surface area contributed by atoms with Gasteiger partial charge in [0.2, 0.25) is 5.91 Å². The molecule has 0 aliphatic carbocycles. The number of rotatable bonds is 4. The number of nitrogens with zero attached hydrogens (tertiary/aromatic N) is 2. The second kappa shape index (κ2) is 7.63. The minimum absolute atomic E-state index is 0.00292. The number of carboxylic acids is 1. The Balaban J connectivity index is 1.98. The van der Waals surface area contributed by atoms with Crippen molar-refractivity contribution in [2.45, 2.75) is 33.6 Å². The van der Waals surface area contributed by atoms with Gasteiger partial charge in [-0.2, -0.15) is 0 Å². The number of pyridine rings is 1. The zero-order chi connectivity index (χ0) is 18.6. The number of nitrogens with one attached hydrogen (secondary N) is 1. The molecule has 2 heterocycles. The molecule has 136 valence electrons. The van der Waals surface area contributed by atoms with Crippen LogP contribution in [0.2, 0.25) is 0 Å². The second-order valence-corrected chi connectivity index (χ2v) is 7.49. The van der Waals surface area contributed by atoms with E-state index in [1.54, 1.807) is 4.90 Å². The molecule has 0 aromatic carbocycles. The summed E-state index contributed by atoms with van der Waals surface area (Å²) in [5, 5.41) is 12.0. The minimum atomic E-state index is -1.11. The topological polar surface area (TPSA) is 99.6 Å². The Labute approximate surface area is 147 Å². The molecule has 1 saturated heterocycles. The first-order valence-electron chi connectivity index (χ1n) is 8.44. The van der Waals surface area contributed by atoms with Gasteiger partial charge in [-0.3, -0.25) is 14.6 Å². The van der Waals surface area contributed by atoms with Crippen LogP contribution in [0.15, 0.2) is 18.5 Å². The van der Waals surface area contributed by atoms with Gasteiger partial charge in [0.1, 0.15) is 0 Å². The summed E-state index contributed by atoms with van der Waals surface area (Å²) in [6, 6.07) is 1.35. The maximum absolute atomic E-state index is 12.6. The lowest BCUT2D eigenvalue weighted by molar-refractivity contribution is -0.128. The fraction of sp³-hybridized carbons (Fsp3) is 0.556. The predicted octanol–water partition coefficient (Wildman–Crippen LogP) is 1.79. The van der Waals surface area contributed by atoms with Gasteiger partial charge >= 0.3 is 5.97 Å². The Morgan fingerprint density at radius 3 is 2.60 bits per heavy atom. The van der Waals surface area contributed by atoms with Crippen molar-refractivity contribution in [1.82, 2.24) is 15.2 Å². The van der Waals surface area contributed by atoms with E-state index in [1.807, 2.05) is 20.8 Å². The number of aromatic nitrogens is 1. The van der Waals surface area contributed by atoms with Crippen molar-refractivity contribution in [3.8, 4) is 0 Å². The van der Waals surface area contributed by atoms with E-state index >= 15 is 0 Å². The van der Waals surface area contributed by atoms with E-state index in [-0.39, 0.29) is 28.9 Å². The average molecular weight is 347 g/mol. The third-order valence-electron chi connectivity index (χ3n) is 4.27. The predicted molar refractivity (Wildman–Crippen MR) is 92.3 cm³/mol. The molecule has 1 atom stereocenters. The first-order valence-corrected chi connectivity index (χ1v) is 8.44. The number of aromatic carboxylic acids is 1. The van der Waals surface area contributed by atoms with E-state index < -0.39 is 11.4 Å². The normalized spacial score (nSPS) is 17.9. The molecule has 0 radical (unpaired) electrons. The zero-order valence-electron chi connectivity index (χ0n) is 14.9. The Morgan fingerprint density at radius 1 is 1.28 bits per heavy atom. The summed E-state index contributed by atoms with van der Waals surface area (Å²) in [4.78, 5) is 41.2. The highest BCUT2D eigenvalue weighted by Crippen LogP contribution is 2.19. The summed E-state index contributed by atoms with van der Waals surface area (Å²) in [5.74, 6) is -1.14. The van der Waals surface area contributed by atoms with Crippen molar-refractivity contribution < 1.29 is 19.5 Å². The summed E-state index contributed by atoms with van der Waals surface area (Å²) in [6.07, 6.45) is 4.41. The van der Waals surface area contributed by atoms with Crippen LogP contribution in [-0.2, 0) is 4.79 Å². The van der Waals surface area contributed by atoms with Crippen LogP contribution >= 0.6 is 0 Å². The van der Waals surface area contributed by atoms with Crippen LogP contribution in [0.25, 0.3) is 0 Å². The number of hydrogen-bond acceptors (Lipinski definition) is 4. The van der Waals surface area contributed by atoms with Crippen LogP contribution in [0, 0.1) is 11.3 Å². The van der Waals surface area contributed by atoms with Crippen LogP contribution in [0.5, 0.6) is 0 Å². The third-order valence-corrected chi connectivity index (χ3v) is 4.27. The molecule has 2 N–H and O–H groups in total. The van der Waals surface area contributed by atoms with Gasteiger partial charge in [0, 0.05) is 37.4 Å². The maximum atomic E-state index is 12.6. The number of carboxylic acid groups (broad SMARTS) is 1. The van der Waals surface area contributed by atoms with Gasteiger partial charge in [0.05, 0.1) is 11.1 Å². The minimum Gasteiger partial charge on any atom is -0.478 e. The monoisotopic (exact) mass is 347 g/mol. The highest BCUT2D eigenvalue weighted by molar-refractivity contribution is 5.97. The second-order valence-electron chi connectivity index (χ2n) is 7.49. The molecule has 1 aliphatic heterocycles. The van der Waals surface area contributed by atoms with Crippen LogP contribution in [-0.4, -0.2) is 52.4 Å². The zero-order valence-corrected chi connectivity index (χ0v) is 14.9. The first kappa shape index (κ1) is 18.9. The quantitative estimate of drug-likeness (QED) is 0.865. The van der Waals surface area contributed by atoms with Gasteiger partial charge in [0.25, 0.3) is 5.91 Å². The largest absolute Gasteiger partial charge is 0.478 e. The SMILES string of the molecule is CC(C)(C)C(=O)NCC1CCCN(C(=O)c2cncc(C(=O)O)c2)C1. The van der Waals surface area contributed by atoms with Gasteiger partial charge in [-0.1, -0.05) is 20.8 Å². The number of likely N-dealkylation sites (tertiary alicyclic amines) is 1. The van der Waals surface area contributed by atoms with Crippen molar-refractivity contribution >= 4 is 17.8 Å². The Kier molecular flexibility index (Phi) is 5.77. The number of hydrogen-bond donors (Lipinski definition) is 2. The highest BCUT2D eigenvalue weighted by atomic mass is 16.4. The molecule has 0 bridgehead atoms. The van der Waals surface area contributed by atoms with E-state index in [1.165, 1.54) is 18.5 Å². The van der Waals surface area contributed by atoms with E-state index in [0.717, 1.165) is 12.8 Å². The average Bonchev–Trinajstić information content (AvgIpc) is 2.58. The molecule has 1 unspecified atom stereocenters. The molecule has 1 aromatic heterocycles. The van der Waals surface area contributed by atoms with Gasteiger partial charge in [0.15, 0.2) is 0 Å².